The molecule has 18 heteroatoms. The normalized spacial score (nSPS) is 16.6. The molecule has 1 fully saturated rings. The van der Waals surface area contributed by atoms with Gasteiger partial charge in [0.2, 0.25) is 11.9 Å². The monoisotopic (exact) mass is 670 g/mol. The van der Waals surface area contributed by atoms with Crippen LogP contribution in [0.2, 0.25) is 5.02 Å². The molecule has 0 aliphatic carbocycles. The van der Waals surface area contributed by atoms with Gasteiger partial charge in [0.25, 0.3) is 0 Å². The van der Waals surface area contributed by atoms with Crippen LogP contribution in [0.5, 0.6) is 17.5 Å². The van der Waals surface area contributed by atoms with Crippen LogP contribution in [0.4, 0.5) is 32.1 Å². The van der Waals surface area contributed by atoms with Crippen molar-refractivity contribution >= 4 is 52.7 Å². The third-order valence-corrected chi connectivity index (χ3v) is 8.61. The van der Waals surface area contributed by atoms with Crippen molar-refractivity contribution in [1.82, 2.24) is 24.7 Å². The number of aromatic nitrogens is 4. The smallest absolute Gasteiger partial charge is 0.467 e. The Morgan fingerprint density at radius 1 is 1.04 bits per heavy atom. The lowest BCUT2D eigenvalue weighted by Gasteiger charge is -2.32. The maximum atomic E-state index is 14.2. The van der Waals surface area contributed by atoms with Crippen molar-refractivity contribution in [2.75, 3.05) is 55.1 Å². The Balaban J connectivity index is 1.44. The molecule has 238 valence electrons. The molecule has 2 aromatic heterocycles. The maximum absolute atomic E-state index is 14.2. The molecule has 2 aromatic carbocycles. The number of ether oxygens (including phenoxy) is 3. The Hall–Kier alpha value is -4.48. The predicted octanol–water partition coefficient (Wildman–Crippen LogP) is 3.80. The zero-order chi connectivity index (χ0) is 32.6. The quantitative estimate of drug-likeness (QED) is 0.249. The Morgan fingerprint density at radius 3 is 2.54 bits per heavy atom. The minimum absolute atomic E-state index is 0.00902. The van der Waals surface area contributed by atoms with E-state index in [-0.39, 0.29) is 50.3 Å². The standard InChI is InChI=1S/C28H26BClF2N8O5S/c1-43-27-37-25(36-26(38-27)39-11-13-40(29)14-12-39)35-20-15-16(46(2,41)42)8-9-19(20)34-22(23-18(30)6-4-10-33-23)17-5-3-7-21-24(17)45-28(31,32)44-21/h3-10,15,22,34H,11-14H2,1-2H3,(H,35,36,37,38)/t22-/m0/s1. The fraction of sp³-hybridized carbons (Fsp3) is 0.286. The number of pyridine rings is 1. The van der Waals surface area contributed by atoms with Crippen molar-refractivity contribution in [2.24, 2.45) is 0 Å². The number of halogens is 3. The van der Waals surface area contributed by atoms with E-state index in [0.29, 0.717) is 37.8 Å². The Bertz CT molecular complexity index is 1880. The third kappa shape index (κ3) is 6.71. The highest BCUT2D eigenvalue weighted by molar-refractivity contribution is 7.90. The van der Waals surface area contributed by atoms with Gasteiger partial charge in [-0.3, -0.25) is 4.98 Å². The number of hydrogen-bond donors (Lipinski definition) is 2. The van der Waals surface area contributed by atoms with Gasteiger partial charge in [-0.15, -0.1) is 8.78 Å². The zero-order valence-corrected chi connectivity index (χ0v) is 26.0. The topological polar surface area (TPSA) is 144 Å². The van der Waals surface area contributed by atoms with Crippen molar-refractivity contribution < 1.29 is 31.4 Å². The van der Waals surface area contributed by atoms with E-state index >= 15 is 0 Å². The number of piperazine rings is 1. The first-order valence-corrected chi connectivity index (χ1v) is 16.1. The number of benzene rings is 2. The number of fused-ring (bicyclic) bond motifs is 1. The fourth-order valence-corrected chi connectivity index (χ4v) is 5.81. The van der Waals surface area contributed by atoms with Gasteiger partial charge in [0.15, 0.2) is 29.3 Å². The summed E-state index contributed by atoms with van der Waals surface area (Å²) in [5.74, 6) is -0.00626. The summed E-state index contributed by atoms with van der Waals surface area (Å²) in [5.41, 5.74) is 1.05. The number of rotatable bonds is 9. The molecule has 1 saturated heterocycles. The molecule has 4 aromatic rings. The molecule has 1 atom stereocenters. The van der Waals surface area contributed by atoms with Crippen LogP contribution in [0.25, 0.3) is 0 Å². The van der Waals surface area contributed by atoms with Crippen molar-refractivity contribution in [3.63, 3.8) is 0 Å². The van der Waals surface area contributed by atoms with Crippen LogP contribution < -0.4 is 29.7 Å². The van der Waals surface area contributed by atoms with Crippen LogP contribution in [0.1, 0.15) is 17.3 Å². The van der Waals surface area contributed by atoms with Crippen LogP contribution in [0.15, 0.2) is 59.6 Å². The fourth-order valence-electron chi connectivity index (χ4n) is 4.94. The summed E-state index contributed by atoms with van der Waals surface area (Å²) in [7, 11) is 3.65. The summed E-state index contributed by atoms with van der Waals surface area (Å²) < 4.78 is 68.4. The number of nitrogens with zero attached hydrogens (tertiary/aromatic N) is 6. The van der Waals surface area contributed by atoms with Gasteiger partial charge in [0, 0.05) is 44.2 Å². The van der Waals surface area contributed by atoms with E-state index in [1.165, 1.54) is 43.6 Å². The lowest BCUT2D eigenvalue weighted by molar-refractivity contribution is -0.287. The van der Waals surface area contributed by atoms with Crippen LogP contribution >= 0.6 is 11.6 Å². The minimum atomic E-state index is -3.88. The lowest BCUT2D eigenvalue weighted by atomic mass is 10.0. The molecule has 0 bridgehead atoms. The minimum Gasteiger partial charge on any atom is -0.467 e. The van der Waals surface area contributed by atoms with Gasteiger partial charge >= 0.3 is 12.3 Å². The van der Waals surface area contributed by atoms with Crippen molar-refractivity contribution in [3.05, 3.63) is 71.0 Å². The van der Waals surface area contributed by atoms with Crippen LogP contribution in [-0.4, -0.2) is 87.0 Å². The zero-order valence-electron chi connectivity index (χ0n) is 24.4. The van der Waals surface area contributed by atoms with Crippen molar-refractivity contribution in [2.45, 2.75) is 17.2 Å². The van der Waals surface area contributed by atoms with E-state index < -0.39 is 22.2 Å². The molecule has 4 heterocycles. The summed E-state index contributed by atoms with van der Waals surface area (Å²) in [6, 6.07) is 11.0. The molecular weight excluding hydrogens is 645 g/mol. The van der Waals surface area contributed by atoms with Crippen LogP contribution in [0.3, 0.4) is 0 Å². The molecule has 0 spiro atoms. The van der Waals surface area contributed by atoms with E-state index in [4.69, 9.17) is 29.1 Å². The van der Waals surface area contributed by atoms with Crippen molar-refractivity contribution in [1.29, 1.82) is 0 Å². The Morgan fingerprint density at radius 2 is 1.83 bits per heavy atom. The summed E-state index contributed by atoms with van der Waals surface area (Å²) >= 11 is 6.56. The van der Waals surface area contributed by atoms with E-state index in [1.807, 2.05) is 4.90 Å². The average Bonchev–Trinajstić information content (AvgIpc) is 3.34. The van der Waals surface area contributed by atoms with Gasteiger partial charge < -0.3 is 34.6 Å². The summed E-state index contributed by atoms with van der Waals surface area (Å²) in [6.07, 6.45) is -1.31. The summed E-state index contributed by atoms with van der Waals surface area (Å²) in [5, 5.41) is 6.58. The third-order valence-electron chi connectivity index (χ3n) is 7.18. The molecule has 2 aliphatic heterocycles. The first kappa shape index (κ1) is 31.5. The Kier molecular flexibility index (Phi) is 8.48. The average molecular weight is 671 g/mol. The van der Waals surface area contributed by atoms with E-state index in [1.54, 1.807) is 23.0 Å². The molecule has 13 nitrogen and oxygen atoms in total. The molecule has 0 saturated carbocycles. The van der Waals surface area contributed by atoms with E-state index in [0.717, 1.165) is 6.26 Å². The van der Waals surface area contributed by atoms with Gasteiger partial charge in [-0.2, -0.15) is 15.0 Å². The van der Waals surface area contributed by atoms with Gasteiger partial charge in [-0.05, 0) is 36.4 Å². The molecule has 2 radical (unpaired) electrons. The highest BCUT2D eigenvalue weighted by Gasteiger charge is 2.45. The second-order valence-corrected chi connectivity index (χ2v) is 12.8. The number of methoxy groups -OCH3 is 1. The lowest BCUT2D eigenvalue weighted by Crippen LogP contribution is -2.45. The number of anilines is 4. The van der Waals surface area contributed by atoms with Crippen LogP contribution in [0, 0.1) is 0 Å². The Labute approximate surface area is 269 Å². The van der Waals surface area contributed by atoms with Gasteiger partial charge in [-0.1, -0.05) is 23.7 Å². The molecule has 0 amide bonds. The molecule has 2 aliphatic rings. The summed E-state index contributed by atoms with van der Waals surface area (Å²) in [6.45, 7) is 2.28. The predicted molar refractivity (Wildman–Crippen MR) is 166 cm³/mol. The number of hydrogen-bond acceptors (Lipinski definition) is 13. The maximum Gasteiger partial charge on any atom is 0.586 e. The SMILES string of the molecule is [B]N1CCN(c2nc(Nc3cc(S(C)(=O)=O)ccc3N[C@@H](c3cccc4c3OC(F)(F)O4)c3ncccc3Cl)nc(OC)n2)CC1. The highest BCUT2D eigenvalue weighted by atomic mass is 35.5. The van der Waals surface area contributed by atoms with E-state index in [2.05, 4.69) is 35.3 Å². The molecular formula is C28H26BClF2N8O5S. The molecule has 6 rings (SSSR count). The summed E-state index contributed by atoms with van der Waals surface area (Å²) in [4.78, 5) is 21.2. The second kappa shape index (κ2) is 12.4. The van der Waals surface area contributed by atoms with E-state index in [9.17, 15) is 17.2 Å². The number of sulfone groups is 1. The first-order chi connectivity index (χ1) is 21.9. The number of alkyl halides is 2. The van der Waals surface area contributed by atoms with Gasteiger partial charge in [0.1, 0.15) is 0 Å². The highest BCUT2D eigenvalue weighted by Crippen LogP contribution is 2.47. The van der Waals surface area contributed by atoms with Crippen molar-refractivity contribution in [3.8, 4) is 17.5 Å². The molecule has 0 unspecified atom stereocenters. The van der Waals surface area contributed by atoms with Gasteiger partial charge in [0.05, 0.1) is 40.1 Å². The van der Waals surface area contributed by atoms with Gasteiger partial charge in [-0.25, -0.2) is 8.42 Å². The van der Waals surface area contributed by atoms with Crippen LogP contribution in [-0.2, 0) is 9.84 Å². The number of para-hydroxylation sites is 1. The molecule has 46 heavy (non-hydrogen) atoms. The molecule has 2 N–H and O–H groups in total. The largest absolute Gasteiger partial charge is 0.586 e. The first-order valence-electron chi connectivity index (χ1n) is 13.8. The second-order valence-electron chi connectivity index (χ2n) is 10.4. The number of nitrogens with one attached hydrogen (secondary N) is 2.